The van der Waals surface area contributed by atoms with Gasteiger partial charge in [-0.25, -0.2) is 4.39 Å². The van der Waals surface area contributed by atoms with Crippen LogP contribution in [0.2, 0.25) is 5.02 Å². The molecule has 0 fully saturated rings. The van der Waals surface area contributed by atoms with E-state index in [2.05, 4.69) is 20.9 Å². The van der Waals surface area contributed by atoms with Gasteiger partial charge in [-0.15, -0.1) is 0 Å². The van der Waals surface area contributed by atoms with Crippen molar-refractivity contribution in [1.82, 2.24) is 4.98 Å². The summed E-state index contributed by atoms with van der Waals surface area (Å²) in [6, 6.07) is 11.4. The number of ether oxygens (including phenoxy) is 1. The van der Waals surface area contributed by atoms with Gasteiger partial charge >= 0.3 is 0 Å². The van der Waals surface area contributed by atoms with Gasteiger partial charge in [0.1, 0.15) is 17.3 Å². The highest BCUT2D eigenvalue weighted by Crippen LogP contribution is 2.34. The lowest BCUT2D eigenvalue weighted by Gasteiger charge is -2.10. The van der Waals surface area contributed by atoms with E-state index in [0.717, 1.165) is 10.9 Å². The van der Waals surface area contributed by atoms with E-state index in [1.54, 1.807) is 30.5 Å². The molecular formula is C15H8BrClFNO. The summed E-state index contributed by atoms with van der Waals surface area (Å²) in [6.07, 6.45) is 1.64. The second-order valence-corrected chi connectivity index (χ2v) is 5.44. The van der Waals surface area contributed by atoms with Gasteiger partial charge in [-0.2, -0.15) is 0 Å². The Morgan fingerprint density at radius 1 is 1.05 bits per heavy atom. The maximum atomic E-state index is 13.1. The maximum absolute atomic E-state index is 13.1. The quantitative estimate of drug-likeness (QED) is 0.600. The Morgan fingerprint density at radius 3 is 2.70 bits per heavy atom. The number of benzene rings is 2. The number of pyridine rings is 1. The highest BCUT2D eigenvalue weighted by atomic mass is 79.9. The maximum Gasteiger partial charge on any atom is 0.141 e. The third-order valence-corrected chi connectivity index (χ3v) is 3.63. The number of hydrogen-bond donors (Lipinski definition) is 0. The van der Waals surface area contributed by atoms with Crippen LogP contribution in [0.5, 0.6) is 11.5 Å². The number of fused-ring (bicyclic) bond motifs is 1. The topological polar surface area (TPSA) is 22.1 Å². The summed E-state index contributed by atoms with van der Waals surface area (Å²) in [5.41, 5.74) is 0.744. The fraction of sp³-hybridized carbons (Fsp3) is 0. The van der Waals surface area contributed by atoms with E-state index in [0.29, 0.717) is 21.0 Å². The third kappa shape index (κ3) is 2.62. The summed E-state index contributed by atoms with van der Waals surface area (Å²) in [5, 5.41) is 1.46. The minimum absolute atomic E-state index is 0.324. The zero-order chi connectivity index (χ0) is 14.1. The molecule has 0 aliphatic carbocycles. The number of aromatic nitrogens is 1. The minimum atomic E-state index is -0.324. The molecule has 1 aromatic heterocycles. The average Bonchev–Trinajstić information content (AvgIpc) is 2.41. The van der Waals surface area contributed by atoms with Crippen molar-refractivity contribution in [3.63, 3.8) is 0 Å². The first-order chi connectivity index (χ1) is 9.63. The molecule has 100 valence electrons. The predicted molar refractivity (Wildman–Crippen MR) is 80.9 cm³/mol. The van der Waals surface area contributed by atoms with Crippen LogP contribution in [0.3, 0.4) is 0 Å². The van der Waals surface area contributed by atoms with Gasteiger partial charge in [0, 0.05) is 16.6 Å². The van der Waals surface area contributed by atoms with E-state index in [9.17, 15) is 4.39 Å². The summed E-state index contributed by atoms with van der Waals surface area (Å²) in [4.78, 5) is 4.24. The molecule has 5 heteroatoms. The molecule has 0 aliphatic rings. The van der Waals surface area contributed by atoms with Gasteiger partial charge in [0.2, 0.25) is 0 Å². The lowest BCUT2D eigenvalue weighted by molar-refractivity contribution is 0.482. The van der Waals surface area contributed by atoms with E-state index in [4.69, 9.17) is 16.3 Å². The largest absolute Gasteiger partial charge is 0.455 e. The van der Waals surface area contributed by atoms with Gasteiger partial charge in [-0.05, 0) is 58.4 Å². The number of rotatable bonds is 2. The molecule has 0 bridgehead atoms. The van der Waals surface area contributed by atoms with Crippen molar-refractivity contribution >= 4 is 38.4 Å². The lowest BCUT2D eigenvalue weighted by atomic mass is 10.2. The van der Waals surface area contributed by atoms with Crippen molar-refractivity contribution in [2.24, 2.45) is 0 Å². The molecule has 20 heavy (non-hydrogen) atoms. The van der Waals surface area contributed by atoms with Gasteiger partial charge in [0.15, 0.2) is 0 Å². The SMILES string of the molecule is Fc1ccc(Oc2ccnc3cc(Cl)ccc23)c(Br)c1. The van der Waals surface area contributed by atoms with Gasteiger partial charge in [0.25, 0.3) is 0 Å². The molecule has 0 saturated carbocycles. The van der Waals surface area contributed by atoms with Gasteiger partial charge in [0.05, 0.1) is 9.99 Å². The van der Waals surface area contributed by atoms with Crippen LogP contribution in [0.4, 0.5) is 4.39 Å². The van der Waals surface area contributed by atoms with E-state index in [1.807, 2.05) is 6.07 Å². The van der Waals surface area contributed by atoms with Crippen LogP contribution in [0.25, 0.3) is 10.9 Å². The normalized spacial score (nSPS) is 10.8. The van der Waals surface area contributed by atoms with Gasteiger partial charge in [-0.3, -0.25) is 4.98 Å². The monoisotopic (exact) mass is 351 g/mol. The highest BCUT2D eigenvalue weighted by molar-refractivity contribution is 9.10. The fourth-order valence-corrected chi connectivity index (χ4v) is 2.46. The first-order valence-corrected chi connectivity index (χ1v) is 6.98. The van der Waals surface area contributed by atoms with E-state index in [1.165, 1.54) is 12.1 Å². The molecule has 0 atom stereocenters. The smallest absolute Gasteiger partial charge is 0.141 e. The summed E-state index contributed by atoms with van der Waals surface area (Å²) < 4.78 is 19.4. The standard InChI is InChI=1S/C15H8BrClFNO/c16-12-8-10(18)2-4-15(12)20-14-5-6-19-13-7-9(17)1-3-11(13)14/h1-8H. The molecule has 0 unspecified atom stereocenters. The number of nitrogens with zero attached hydrogens (tertiary/aromatic N) is 1. The number of halogens is 3. The fourth-order valence-electron chi connectivity index (χ4n) is 1.86. The van der Waals surface area contributed by atoms with E-state index < -0.39 is 0 Å². The molecule has 1 heterocycles. The van der Waals surface area contributed by atoms with Crippen LogP contribution in [-0.4, -0.2) is 4.98 Å². The lowest BCUT2D eigenvalue weighted by Crippen LogP contribution is -1.89. The summed E-state index contributed by atoms with van der Waals surface area (Å²) in [5.74, 6) is 0.850. The van der Waals surface area contributed by atoms with Crippen molar-refractivity contribution in [2.75, 3.05) is 0 Å². The molecule has 0 amide bonds. The third-order valence-electron chi connectivity index (χ3n) is 2.78. The van der Waals surface area contributed by atoms with Gasteiger partial charge in [-0.1, -0.05) is 11.6 Å². The second kappa shape index (κ2) is 5.38. The van der Waals surface area contributed by atoms with Crippen molar-refractivity contribution in [3.8, 4) is 11.5 Å². The molecule has 0 spiro atoms. The predicted octanol–water partition coefficient (Wildman–Crippen LogP) is 5.58. The number of hydrogen-bond acceptors (Lipinski definition) is 2. The molecule has 0 saturated heterocycles. The Hall–Kier alpha value is -1.65. The molecule has 0 radical (unpaired) electrons. The molecule has 0 aliphatic heterocycles. The molecule has 0 N–H and O–H groups in total. The molecule has 3 aromatic rings. The summed E-state index contributed by atoms with van der Waals surface area (Å²) in [6.45, 7) is 0. The van der Waals surface area contributed by atoms with Crippen LogP contribution in [0.15, 0.2) is 53.1 Å². The van der Waals surface area contributed by atoms with Crippen molar-refractivity contribution < 1.29 is 9.13 Å². The van der Waals surface area contributed by atoms with Crippen molar-refractivity contribution in [1.29, 1.82) is 0 Å². The summed E-state index contributed by atoms with van der Waals surface area (Å²) >= 11 is 9.22. The Kier molecular flexibility index (Phi) is 3.59. The van der Waals surface area contributed by atoms with Crippen LogP contribution >= 0.6 is 27.5 Å². The molecule has 2 nitrogen and oxygen atoms in total. The van der Waals surface area contributed by atoms with Gasteiger partial charge < -0.3 is 4.74 Å². The van der Waals surface area contributed by atoms with Crippen LogP contribution in [-0.2, 0) is 0 Å². The first-order valence-electron chi connectivity index (χ1n) is 5.81. The minimum Gasteiger partial charge on any atom is -0.455 e. The Morgan fingerprint density at radius 2 is 1.90 bits per heavy atom. The second-order valence-electron chi connectivity index (χ2n) is 4.15. The molecular weight excluding hydrogens is 345 g/mol. The Balaban J connectivity index is 2.06. The van der Waals surface area contributed by atoms with Crippen molar-refractivity contribution in [3.05, 3.63) is 64.0 Å². The van der Waals surface area contributed by atoms with E-state index >= 15 is 0 Å². The molecule has 2 aromatic carbocycles. The summed E-state index contributed by atoms with van der Waals surface area (Å²) in [7, 11) is 0. The van der Waals surface area contributed by atoms with Crippen LogP contribution in [0.1, 0.15) is 0 Å². The van der Waals surface area contributed by atoms with E-state index in [-0.39, 0.29) is 5.82 Å². The Bertz CT molecular complexity index is 794. The van der Waals surface area contributed by atoms with Crippen LogP contribution < -0.4 is 4.74 Å². The molecule has 3 rings (SSSR count). The first kappa shape index (κ1) is 13.3. The highest BCUT2D eigenvalue weighted by Gasteiger charge is 2.08. The van der Waals surface area contributed by atoms with Crippen LogP contribution in [0, 0.1) is 5.82 Å². The zero-order valence-electron chi connectivity index (χ0n) is 10.1. The zero-order valence-corrected chi connectivity index (χ0v) is 12.5. The average molecular weight is 353 g/mol. The van der Waals surface area contributed by atoms with Crippen molar-refractivity contribution in [2.45, 2.75) is 0 Å². The Labute approximate surface area is 128 Å².